The Morgan fingerprint density at radius 3 is 2.79 bits per heavy atom. The summed E-state index contributed by atoms with van der Waals surface area (Å²) in [5.41, 5.74) is 2.06. The van der Waals surface area contributed by atoms with Crippen LogP contribution in [-0.2, 0) is 0 Å². The van der Waals surface area contributed by atoms with E-state index < -0.39 is 0 Å². The first kappa shape index (κ1) is 14.3. The number of hydrogen-bond acceptors (Lipinski definition) is 3. The minimum Gasteiger partial charge on any atom is -0.383 e. The lowest BCUT2D eigenvalue weighted by Crippen LogP contribution is -2.07. The predicted molar refractivity (Wildman–Crippen MR) is 89.0 cm³/mol. The molecule has 4 heteroatoms. The van der Waals surface area contributed by atoms with E-state index in [1.54, 1.807) is 11.3 Å². The molecule has 0 atom stereocenters. The van der Waals surface area contributed by atoms with Gasteiger partial charge in [-0.2, -0.15) is 0 Å². The van der Waals surface area contributed by atoms with Crippen LogP contribution in [-0.4, -0.2) is 12.8 Å². The molecule has 2 nitrogen and oxygen atoms in total. The van der Waals surface area contributed by atoms with Crippen molar-refractivity contribution in [3.8, 4) is 0 Å². The molecule has 0 fully saturated rings. The van der Waals surface area contributed by atoms with Crippen LogP contribution in [0.1, 0.15) is 18.7 Å². The smallest absolute Gasteiger partial charge is 0.0861 e. The zero-order valence-corrected chi connectivity index (χ0v) is 13.5. The van der Waals surface area contributed by atoms with E-state index in [1.165, 1.54) is 0 Å². The number of halogens is 1. The fourth-order valence-corrected chi connectivity index (χ4v) is 2.91. The van der Waals surface area contributed by atoms with Gasteiger partial charge in [-0.05, 0) is 45.4 Å². The summed E-state index contributed by atoms with van der Waals surface area (Å²) in [6.07, 6.45) is 1.91. The Labute approximate surface area is 126 Å². The van der Waals surface area contributed by atoms with E-state index in [1.807, 2.05) is 35.9 Å². The molecule has 2 aromatic rings. The van der Waals surface area contributed by atoms with Gasteiger partial charge in [0.2, 0.25) is 0 Å². The van der Waals surface area contributed by atoms with Crippen molar-refractivity contribution in [2.24, 2.45) is 10.9 Å². The Balaban J connectivity index is 2.16. The Morgan fingerprint density at radius 1 is 1.32 bits per heavy atom. The average molecular weight is 337 g/mol. The maximum absolute atomic E-state index is 4.58. The second-order valence-corrected chi connectivity index (χ2v) is 6.48. The number of thiophene rings is 1. The first-order chi connectivity index (χ1) is 9.16. The van der Waals surface area contributed by atoms with Crippen molar-refractivity contribution in [1.82, 2.24) is 0 Å². The maximum Gasteiger partial charge on any atom is 0.0861 e. The number of hydrogen-bond donors (Lipinski definition) is 1. The topological polar surface area (TPSA) is 24.4 Å². The van der Waals surface area contributed by atoms with E-state index in [0.29, 0.717) is 5.92 Å². The van der Waals surface area contributed by atoms with Crippen LogP contribution in [0.4, 0.5) is 11.4 Å². The normalized spacial score (nSPS) is 11.4. The molecule has 1 heterocycles. The molecule has 19 heavy (non-hydrogen) atoms. The largest absolute Gasteiger partial charge is 0.383 e. The van der Waals surface area contributed by atoms with E-state index in [9.17, 15) is 0 Å². The van der Waals surface area contributed by atoms with Gasteiger partial charge < -0.3 is 5.32 Å². The molecular formula is C15H17BrN2S. The Kier molecular flexibility index (Phi) is 5.16. The van der Waals surface area contributed by atoms with Crippen molar-refractivity contribution in [2.75, 3.05) is 11.9 Å². The van der Waals surface area contributed by atoms with Gasteiger partial charge in [0.15, 0.2) is 0 Å². The van der Waals surface area contributed by atoms with Crippen molar-refractivity contribution in [3.05, 3.63) is 45.1 Å². The number of rotatable bonds is 5. The number of benzene rings is 1. The fraction of sp³-hybridized carbons (Fsp3) is 0.267. The van der Waals surface area contributed by atoms with Crippen LogP contribution in [0.25, 0.3) is 0 Å². The molecular weight excluding hydrogens is 320 g/mol. The maximum atomic E-state index is 4.58. The molecule has 0 bridgehead atoms. The van der Waals surface area contributed by atoms with Crippen molar-refractivity contribution < 1.29 is 0 Å². The van der Waals surface area contributed by atoms with Crippen molar-refractivity contribution in [2.45, 2.75) is 13.8 Å². The second-order valence-electron chi connectivity index (χ2n) is 4.68. The van der Waals surface area contributed by atoms with Crippen LogP contribution < -0.4 is 5.32 Å². The zero-order chi connectivity index (χ0) is 13.7. The van der Waals surface area contributed by atoms with Crippen molar-refractivity contribution >= 4 is 44.9 Å². The highest BCUT2D eigenvalue weighted by Crippen LogP contribution is 2.26. The summed E-state index contributed by atoms with van der Waals surface area (Å²) in [6.45, 7) is 5.35. The van der Waals surface area contributed by atoms with Gasteiger partial charge in [-0.1, -0.05) is 26.0 Å². The molecule has 0 unspecified atom stereocenters. The van der Waals surface area contributed by atoms with Gasteiger partial charge in [0.05, 0.1) is 16.3 Å². The highest BCUT2D eigenvalue weighted by molar-refractivity contribution is 9.10. The molecule has 1 aromatic heterocycles. The SMILES string of the molecule is CC(C)CNc1ccccc1N=Cc1sccc1Br. The Hall–Kier alpha value is -1.13. The van der Waals surface area contributed by atoms with E-state index >= 15 is 0 Å². The molecule has 2 rings (SSSR count). The zero-order valence-electron chi connectivity index (χ0n) is 11.1. The third-order valence-electron chi connectivity index (χ3n) is 2.57. The number of anilines is 1. The fourth-order valence-electron chi connectivity index (χ4n) is 1.58. The summed E-state index contributed by atoms with van der Waals surface area (Å²) in [7, 11) is 0. The van der Waals surface area contributed by atoms with Gasteiger partial charge in [0.1, 0.15) is 0 Å². The summed E-state index contributed by atoms with van der Waals surface area (Å²) < 4.78 is 1.09. The van der Waals surface area contributed by atoms with Crippen molar-refractivity contribution in [1.29, 1.82) is 0 Å². The van der Waals surface area contributed by atoms with E-state index in [2.05, 4.69) is 46.2 Å². The lowest BCUT2D eigenvalue weighted by Gasteiger charge is -2.10. The molecule has 1 N–H and O–H groups in total. The summed E-state index contributed by atoms with van der Waals surface area (Å²) in [5.74, 6) is 0.614. The summed E-state index contributed by atoms with van der Waals surface area (Å²) in [4.78, 5) is 5.72. The van der Waals surface area contributed by atoms with Crippen LogP contribution in [0, 0.1) is 5.92 Å². The van der Waals surface area contributed by atoms with Gasteiger partial charge in [-0.15, -0.1) is 11.3 Å². The van der Waals surface area contributed by atoms with Crippen molar-refractivity contribution in [3.63, 3.8) is 0 Å². The summed E-state index contributed by atoms with van der Waals surface area (Å²) >= 11 is 5.19. The first-order valence-corrected chi connectivity index (χ1v) is 7.94. The minimum absolute atomic E-state index is 0.614. The molecule has 1 aromatic carbocycles. The number of nitrogens with one attached hydrogen (secondary N) is 1. The molecule has 0 amide bonds. The van der Waals surface area contributed by atoms with Crippen LogP contribution >= 0.6 is 27.3 Å². The van der Waals surface area contributed by atoms with E-state index in [-0.39, 0.29) is 0 Å². The number of nitrogens with zero attached hydrogens (tertiary/aromatic N) is 1. The molecule has 0 radical (unpaired) electrons. The van der Waals surface area contributed by atoms with Crippen LogP contribution in [0.2, 0.25) is 0 Å². The Morgan fingerprint density at radius 2 is 2.11 bits per heavy atom. The lowest BCUT2D eigenvalue weighted by molar-refractivity contribution is 0.689. The molecule has 0 saturated carbocycles. The third-order valence-corrected chi connectivity index (χ3v) is 4.38. The van der Waals surface area contributed by atoms with Crippen LogP contribution in [0.15, 0.2) is 45.2 Å². The molecule has 100 valence electrons. The van der Waals surface area contributed by atoms with E-state index in [4.69, 9.17) is 0 Å². The molecule has 0 spiro atoms. The standard InChI is InChI=1S/C15H17BrN2S/c1-11(2)9-17-13-5-3-4-6-14(13)18-10-15-12(16)7-8-19-15/h3-8,10-11,17H,9H2,1-2H3. The average Bonchev–Trinajstić information content (AvgIpc) is 2.80. The van der Waals surface area contributed by atoms with Crippen LogP contribution in [0.5, 0.6) is 0 Å². The number of para-hydroxylation sites is 2. The van der Waals surface area contributed by atoms with E-state index in [0.717, 1.165) is 27.3 Å². The highest BCUT2D eigenvalue weighted by Gasteiger charge is 2.01. The Bertz CT molecular complexity index is 561. The van der Waals surface area contributed by atoms with Gasteiger partial charge in [0.25, 0.3) is 0 Å². The van der Waals surface area contributed by atoms with Gasteiger partial charge in [0, 0.05) is 17.2 Å². The molecule has 0 saturated heterocycles. The monoisotopic (exact) mass is 336 g/mol. The minimum atomic E-state index is 0.614. The van der Waals surface area contributed by atoms with Gasteiger partial charge in [-0.3, -0.25) is 4.99 Å². The highest BCUT2D eigenvalue weighted by atomic mass is 79.9. The van der Waals surface area contributed by atoms with Gasteiger partial charge >= 0.3 is 0 Å². The summed E-state index contributed by atoms with van der Waals surface area (Å²) in [6, 6.07) is 10.2. The number of aliphatic imine (C=N–C) groups is 1. The quantitative estimate of drug-likeness (QED) is 0.733. The second kappa shape index (κ2) is 6.87. The lowest BCUT2D eigenvalue weighted by atomic mass is 10.2. The predicted octanol–water partition coefficient (Wildman–Crippen LogP) is 5.33. The third kappa shape index (κ3) is 4.18. The molecule has 0 aliphatic rings. The molecule has 0 aliphatic heterocycles. The molecule has 0 aliphatic carbocycles. The van der Waals surface area contributed by atoms with Gasteiger partial charge in [-0.25, -0.2) is 0 Å². The summed E-state index contributed by atoms with van der Waals surface area (Å²) in [5, 5.41) is 5.49. The van der Waals surface area contributed by atoms with Crippen LogP contribution in [0.3, 0.4) is 0 Å². The first-order valence-electron chi connectivity index (χ1n) is 6.27.